The Morgan fingerprint density at radius 3 is 2.37 bits per heavy atom. The van der Waals surface area contributed by atoms with Crippen LogP contribution in [0, 0.1) is 0 Å². The highest BCUT2D eigenvalue weighted by atomic mass is 35.5. The Balaban J connectivity index is 2.22. The maximum absolute atomic E-state index is 6.10. The summed E-state index contributed by atoms with van der Waals surface area (Å²) < 4.78 is 5.57. The molecule has 0 saturated heterocycles. The maximum atomic E-state index is 6.10. The second-order valence-corrected chi connectivity index (χ2v) is 6.02. The zero-order valence-electron chi connectivity index (χ0n) is 11.0. The van der Waals surface area contributed by atoms with Crippen molar-refractivity contribution in [1.82, 2.24) is 15.5 Å². The summed E-state index contributed by atoms with van der Waals surface area (Å²) in [6.45, 7) is 6.69. The summed E-state index contributed by atoms with van der Waals surface area (Å²) in [6.07, 6.45) is 0. The predicted molar refractivity (Wildman–Crippen MR) is 76.3 cm³/mol. The first-order valence-electron chi connectivity index (χ1n) is 5.88. The van der Waals surface area contributed by atoms with Gasteiger partial charge in [-0.2, -0.15) is 0 Å². The van der Waals surface area contributed by atoms with E-state index in [9.17, 15) is 0 Å². The van der Waals surface area contributed by atoms with E-state index in [2.05, 4.69) is 36.3 Å². The molecule has 0 saturated carbocycles. The molecule has 0 amide bonds. The van der Waals surface area contributed by atoms with Crippen molar-refractivity contribution in [1.29, 1.82) is 0 Å². The molecule has 2 rings (SSSR count). The first kappa shape index (κ1) is 14.3. The van der Waals surface area contributed by atoms with Crippen LogP contribution in [-0.4, -0.2) is 15.7 Å². The van der Waals surface area contributed by atoms with Gasteiger partial charge in [-0.15, -0.1) is 10.2 Å². The molecule has 0 aliphatic heterocycles. The van der Waals surface area contributed by atoms with Gasteiger partial charge < -0.3 is 9.73 Å². The Hall–Kier alpha value is -1.10. The zero-order valence-corrected chi connectivity index (χ0v) is 12.5. The Morgan fingerprint density at radius 1 is 1.16 bits per heavy atom. The van der Waals surface area contributed by atoms with Crippen LogP contribution in [0.25, 0.3) is 11.5 Å². The van der Waals surface area contributed by atoms with Gasteiger partial charge in [0.25, 0.3) is 5.89 Å². The second kappa shape index (κ2) is 5.49. The average molecular weight is 300 g/mol. The van der Waals surface area contributed by atoms with E-state index in [1.165, 1.54) is 0 Å². The molecule has 0 spiro atoms. The van der Waals surface area contributed by atoms with Gasteiger partial charge in [0.05, 0.1) is 22.2 Å². The van der Waals surface area contributed by atoms with Gasteiger partial charge >= 0.3 is 0 Å². The molecule has 102 valence electrons. The SMILES string of the molecule is CC(C)(C)NCc1nnc(-c2c(Cl)cccc2Cl)o1. The topological polar surface area (TPSA) is 51.0 Å². The van der Waals surface area contributed by atoms with Crippen LogP contribution in [0.1, 0.15) is 26.7 Å². The zero-order chi connectivity index (χ0) is 14.0. The van der Waals surface area contributed by atoms with Gasteiger partial charge in [0.1, 0.15) is 0 Å². The molecular formula is C13H15Cl2N3O. The fraction of sp³-hybridized carbons (Fsp3) is 0.385. The van der Waals surface area contributed by atoms with Crippen molar-refractivity contribution in [2.45, 2.75) is 32.9 Å². The number of halogens is 2. The lowest BCUT2D eigenvalue weighted by Crippen LogP contribution is -2.35. The van der Waals surface area contributed by atoms with Gasteiger partial charge in [-0.05, 0) is 32.9 Å². The molecule has 0 aliphatic rings. The van der Waals surface area contributed by atoms with Crippen molar-refractivity contribution in [3.05, 3.63) is 34.1 Å². The summed E-state index contributed by atoms with van der Waals surface area (Å²) in [5, 5.41) is 12.2. The van der Waals surface area contributed by atoms with Gasteiger partial charge in [-0.25, -0.2) is 0 Å². The lowest BCUT2D eigenvalue weighted by Gasteiger charge is -2.18. The van der Waals surface area contributed by atoms with Crippen LogP contribution in [0.4, 0.5) is 0 Å². The molecule has 19 heavy (non-hydrogen) atoms. The Morgan fingerprint density at radius 2 is 1.79 bits per heavy atom. The van der Waals surface area contributed by atoms with Crippen LogP contribution in [-0.2, 0) is 6.54 Å². The van der Waals surface area contributed by atoms with E-state index >= 15 is 0 Å². The van der Waals surface area contributed by atoms with E-state index in [0.717, 1.165) is 0 Å². The Labute approximate surface area is 122 Å². The number of hydrogen-bond acceptors (Lipinski definition) is 4. The van der Waals surface area contributed by atoms with Crippen LogP contribution in [0.5, 0.6) is 0 Å². The Kier molecular flexibility index (Phi) is 4.13. The van der Waals surface area contributed by atoms with Gasteiger partial charge in [0, 0.05) is 5.54 Å². The average Bonchev–Trinajstić information content (AvgIpc) is 2.74. The molecule has 1 aromatic carbocycles. The molecule has 2 aromatic rings. The van der Waals surface area contributed by atoms with Crippen molar-refractivity contribution in [2.75, 3.05) is 0 Å². The van der Waals surface area contributed by atoms with E-state index in [1.54, 1.807) is 18.2 Å². The summed E-state index contributed by atoms with van der Waals surface area (Å²) >= 11 is 12.2. The smallest absolute Gasteiger partial charge is 0.250 e. The molecule has 0 atom stereocenters. The van der Waals surface area contributed by atoms with Gasteiger partial charge in [-0.3, -0.25) is 0 Å². The molecule has 1 heterocycles. The molecule has 0 radical (unpaired) electrons. The quantitative estimate of drug-likeness (QED) is 0.933. The van der Waals surface area contributed by atoms with Crippen molar-refractivity contribution < 1.29 is 4.42 Å². The van der Waals surface area contributed by atoms with Crippen molar-refractivity contribution in [2.24, 2.45) is 0 Å². The third-order valence-electron chi connectivity index (χ3n) is 2.41. The molecule has 0 unspecified atom stereocenters. The summed E-state index contributed by atoms with van der Waals surface area (Å²) in [5.74, 6) is 0.835. The molecule has 6 heteroatoms. The van der Waals surface area contributed by atoms with Crippen LogP contribution >= 0.6 is 23.2 Å². The molecule has 0 aliphatic carbocycles. The third kappa shape index (κ3) is 3.69. The monoisotopic (exact) mass is 299 g/mol. The minimum Gasteiger partial charge on any atom is -0.419 e. The standard InChI is InChI=1S/C13H15Cl2N3O/c1-13(2,3)16-7-10-17-18-12(19-10)11-8(14)5-4-6-9(11)15/h4-6,16H,7H2,1-3H3. The largest absolute Gasteiger partial charge is 0.419 e. The maximum Gasteiger partial charge on any atom is 0.250 e. The first-order chi connectivity index (χ1) is 8.87. The lowest BCUT2D eigenvalue weighted by molar-refractivity contribution is 0.383. The Bertz CT molecular complexity index is 555. The molecule has 1 aromatic heterocycles. The summed E-state index contributed by atoms with van der Waals surface area (Å²) in [4.78, 5) is 0. The highest BCUT2D eigenvalue weighted by molar-refractivity contribution is 6.38. The molecule has 0 bridgehead atoms. The van der Waals surface area contributed by atoms with Crippen LogP contribution in [0.2, 0.25) is 10.0 Å². The van der Waals surface area contributed by atoms with Gasteiger partial charge in [0.15, 0.2) is 0 Å². The second-order valence-electron chi connectivity index (χ2n) is 5.20. The minimum atomic E-state index is -0.0172. The van der Waals surface area contributed by atoms with Crippen LogP contribution in [0.3, 0.4) is 0 Å². The highest BCUT2D eigenvalue weighted by Gasteiger charge is 2.16. The van der Waals surface area contributed by atoms with Crippen molar-refractivity contribution >= 4 is 23.2 Å². The van der Waals surface area contributed by atoms with Crippen molar-refractivity contribution in [3.8, 4) is 11.5 Å². The van der Waals surface area contributed by atoms with E-state index < -0.39 is 0 Å². The molecule has 0 fully saturated rings. The molecule has 4 nitrogen and oxygen atoms in total. The number of aromatic nitrogens is 2. The normalized spacial score (nSPS) is 11.8. The lowest BCUT2D eigenvalue weighted by atomic mass is 10.1. The number of hydrogen-bond donors (Lipinski definition) is 1. The summed E-state index contributed by atoms with van der Waals surface area (Å²) in [7, 11) is 0. The van der Waals surface area contributed by atoms with Gasteiger partial charge in [0.2, 0.25) is 5.89 Å². The predicted octanol–water partition coefficient (Wildman–Crippen LogP) is 3.93. The van der Waals surface area contributed by atoms with E-state index in [0.29, 0.717) is 33.9 Å². The van der Waals surface area contributed by atoms with Gasteiger partial charge in [-0.1, -0.05) is 29.3 Å². The van der Waals surface area contributed by atoms with Crippen molar-refractivity contribution in [3.63, 3.8) is 0 Å². The van der Waals surface area contributed by atoms with E-state index in [1.807, 2.05) is 0 Å². The van der Waals surface area contributed by atoms with E-state index in [-0.39, 0.29) is 5.54 Å². The molecule has 1 N–H and O–H groups in total. The first-order valence-corrected chi connectivity index (χ1v) is 6.64. The highest BCUT2D eigenvalue weighted by Crippen LogP contribution is 2.33. The number of nitrogens with one attached hydrogen (secondary N) is 1. The molecular weight excluding hydrogens is 285 g/mol. The fourth-order valence-corrected chi connectivity index (χ4v) is 2.03. The number of rotatable bonds is 3. The summed E-state index contributed by atoms with van der Waals surface area (Å²) in [5.41, 5.74) is 0.553. The van der Waals surface area contributed by atoms with Crippen LogP contribution in [0.15, 0.2) is 22.6 Å². The minimum absolute atomic E-state index is 0.0172. The summed E-state index contributed by atoms with van der Waals surface area (Å²) in [6, 6.07) is 5.24. The fourth-order valence-electron chi connectivity index (χ4n) is 1.47. The van der Waals surface area contributed by atoms with Crippen LogP contribution < -0.4 is 5.32 Å². The van der Waals surface area contributed by atoms with E-state index in [4.69, 9.17) is 27.6 Å². The number of nitrogens with zero attached hydrogens (tertiary/aromatic N) is 2. The number of benzene rings is 1. The third-order valence-corrected chi connectivity index (χ3v) is 3.04.